The van der Waals surface area contributed by atoms with Gasteiger partial charge in [-0.05, 0) is 36.3 Å². The van der Waals surface area contributed by atoms with Crippen molar-refractivity contribution in [1.82, 2.24) is 9.88 Å². The van der Waals surface area contributed by atoms with Crippen LogP contribution in [0.1, 0.15) is 43.5 Å². The van der Waals surface area contributed by atoms with Gasteiger partial charge in [0.05, 0.1) is 6.04 Å². The molecule has 22 heavy (non-hydrogen) atoms. The van der Waals surface area contributed by atoms with E-state index in [-0.39, 0.29) is 0 Å². The molecule has 3 nitrogen and oxygen atoms in total. The SMILES string of the molecule is CC[C@@H]1CN2CCc3c([nH]c4ccccc34)[C@@H]2C[C@@H]1CC=O. The molecule has 0 amide bonds. The van der Waals surface area contributed by atoms with E-state index in [1.165, 1.54) is 28.6 Å². The Bertz CT molecular complexity index is 690. The van der Waals surface area contributed by atoms with Crippen molar-refractivity contribution in [2.75, 3.05) is 13.1 Å². The van der Waals surface area contributed by atoms with Gasteiger partial charge in [-0.1, -0.05) is 31.5 Å². The summed E-state index contributed by atoms with van der Waals surface area (Å²) in [5.74, 6) is 1.22. The predicted octanol–water partition coefficient (Wildman–Crippen LogP) is 3.70. The standard InChI is InChI=1S/C19H24N2O/c1-2-13-12-21-9-7-16-15-5-3-4-6-17(15)20-19(16)18(21)11-14(13)8-10-22/h3-6,10,13-14,18,20H,2,7-9,11-12H2,1H3/t13-,14+,18+/m1/s1. The topological polar surface area (TPSA) is 36.1 Å². The lowest BCUT2D eigenvalue weighted by Gasteiger charge is -2.46. The van der Waals surface area contributed by atoms with Crippen LogP contribution in [0.4, 0.5) is 0 Å². The number of rotatable bonds is 3. The zero-order valence-electron chi connectivity index (χ0n) is 13.2. The molecule has 3 heterocycles. The van der Waals surface area contributed by atoms with Crippen molar-refractivity contribution in [3.8, 4) is 0 Å². The van der Waals surface area contributed by atoms with Crippen molar-refractivity contribution in [2.45, 2.75) is 38.6 Å². The number of nitrogens with one attached hydrogen (secondary N) is 1. The van der Waals surface area contributed by atoms with Crippen molar-refractivity contribution in [1.29, 1.82) is 0 Å². The van der Waals surface area contributed by atoms with Crippen LogP contribution in [0.2, 0.25) is 0 Å². The van der Waals surface area contributed by atoms with E-state index in [0.717, 1.165) is 38.6 Å². The Kier molecular flexibility index (Phi) is 3.53. The fourth-order valence-corrected chi connectivity index (χ4v) is 4.66. The van der Waals surface area contributed by atoms with E-state index in [4.69, 9.17) is 0 Å². The van der Waals surface area contributed by atoms with Gasteiger partial charge in [-0.25, -0.2) is 0 Å². The smallest absolute Gasteiger partial charge is 0.120 e. The van der Waals surface area contributed by atoms with Crippen molar-refractivity contribution in [3.05, 3.63) is 35.5 Å². The first-order valence-electron chi connectivity index (χ1n) is 8.59. The van der Waals surface area contributed by atoms with E-state index in [2.05, 4.69) is 41.1 Å². The number of aromatic amines is 1. The van der Waals surface area contributed by atoms with Crippen molar-refractivity contribution in [2.24, 2.45) is 11.8 Å². The van der Waals surface area contributed by atoms with Gasteiger partial charge in [0.15, 0.2) is 0 Å². The number of carbonyl (C=O) groups excluding carboxylic acids is 1. The highest BCUT2D eigenvalue weighted by atomic mass is 16.1. The lowest BCUT2D eigenvalue weighted by Crippen LogP contribution is -2.45. The Morgan fingerprint density at radius 1 is 1.32 bits per heavy atom. The number of nitrogens with zero attached hydrogens (tertiary/aromatic N) is 1. The summed E-state index contributed by atoms with van der Waals surface area (Å²) in [6.07, 6.45) is 5.29. The molecule has 3 atom stereocenters. The minimum Gasteiger partial charge on any atom is -0.357 e. The maximum Gasteiger partial charge on any atom is 0.120 e. The van der Waals surface area contributed by atoms with Crippen molar-refractivity contribution in [3.63, 3.8) is 0 Å². The molecule has 0 bridgehead atoms. The van der Waals surface area contributed by atoms with Gasteiger partial charge in [0.2, 0.25) is 0 Å². The molecule has 3 heteroatoms. The fourth-order valence-electron chi connectivity index (χ4n) is 4.66. The molecule has 0 spiro atoms. The number of hydrogen-bond donors (Lipinski definition) is 1. The quantitative estimate of drug-likeness (QED) is 0.877. The van der Waals surface area contributed by atoms with Gasteiger partial charge < -0.3 is 9.78 Å². The van der Waals surface area contributed by atoms with Crippen LogP contribution >= 0.6 is 0 Å². The number of aromatic nitrogens is 1. The normalized spacial score (nSPS) is 28.3. The summed E-state index contributed by atoms with van der Waals surface area (Å²) in [6.45, 7) is 4.57. The first-order chi connectivity index (χ1) is 10.8. The summed E-state index contributed by atoms with van der Waals surface area (Å²) in [5.41, 5.74) is 4.19. The second kappa shape index (κ2) is 5.54. The molecule has 0 saturated carbocycles. The Hall–Kier alpha value is -1.61. The Morgan fingerprint density at radius 3 is 3.00 bits per heavy atom. The number of fused-ring (bicyclic) bond motifs is 5. The molecule has 1 aromatic carbocycles. The zero-order chi connectivity index (χ0) is 15.1. The molecular formula is C19H24N2O. The highest BCUT2D eigenvalue weighted by molar-refractivity contribution is 5.85. The van der Waals surface area contributed by atoms with Crippen LogP contribution in [0.15, 0.2) is 24.3 Å². The summed E-state index contributed by atoms with van der Waals surface area (Å²) < 4.78 is 0. The number of piperidine rings is 1. The molecule has 1 aromatic heterocycles. The first kappa shape index (κ1) is 14.0. The molecule has 2 aromatic rings. The molecular weight excluding hydrogens is 272 g/mol. The van der Waals surface area contributed by atoms with Gasteiger partial charge in [-0.3, -0.25) is 4.90 Å². The molecule has 0 aliphatic carbocycles. The van der Waals surface area contributed by atoms with Crippen molar-refractivity contribution >= 4 is 17.2 Å². The molecule has 116 valence electrons. The Balaban J connectivity index is 1.72. The first-order valence-corrected chi connectivity index (χ1v) is 8.59. The molecule has 1 N–H and O–H groups in total. The van der Waals surface area contributed by atoms with Gasteiger partial charge in [0.25, 0.3) is 0 Å². The second-order valence-electron chi connectivity index (χ2n) is 6.89. The van der Waals surface area contributed by atoms with Crippen molar-refractivity contribution < 1.29 is 4.79 Å². The Morgan fingerprint density at radius 2 is 2.18 bits per heavy atom. The summed E-state index contributed by atoms with van der Waals surface area (Å²) in [7, 11) is 0. The molecule has 2 aliphatic rings. The predicted molar refractivity (Wildman–Crippen MR) is 88.9 cm³/mol. The van der Waals surface area contributed by atoms with Crippen LogP contribution in [0.5, 0.6) is 0 Å². The van der Waals surface area contributed by atoms with Gasteiger partial charge >= 0.3 is 0 Å². The van der Waals surface area contributed by atoms with E-state index in [9.17, 15) is 4.79 Å². The van der Waals surface area contributed by atoms with E-state index in [0.29, 0.717) is 17.9 Å². The average molecular weight is 296 g/mol. The third-order valence-corrected chi connectivity index (χ3v) is 5.85. The minimum absolute atomic E-state index is 0.476. The van der Waals surface area contributed by atoms with Crippen LogP contribution in [0.3, 0.4) is 0 Å². The molecule has 2 aliphatic heterocycles. The monoisotopic (exact) mass is 296 g/mol. The van der Waals surface area contributed by atoms with Crippen LogP contribution in [-0.4, -0.2) is 29.3 Å². The third-order valence-electron chi connectivity index (χ3n) is 5.85. The summed E-state index contributed by atoms with van der Waals surface area (Å²) in [4.78, 5) is 17.4. The molecule has 0 unspecified atom stereocenters. The maximum absolute atomic E-state index is 11.1. The number of aldehydes is 1. The highest BCUT2D eigenvalue weighted by Gasteiger charge is 2.39. The zero-order valence-corrected chi connectivity index (χ0v) is 13.2. The van der Waals surface area contributed by atoms with E-state index >= 15 is 0 Å². The van der Waals surface area contributed by atoms with Gasteiger partial charge in [-0.15, -0.1) is 0 Å². The lowest BCUT2D eigenvalue weighted by atomic mass is 9.76. The summed E-state index contributed by atoms with van der Waals surface area (Å²) in [6, 6.07) is 9.13. The second-order valence-corrected chi connectivity index (χ2v) is 6.89. The highest BCUT2D eigenvalue weighted by Crippen LogP contribution is 2.44. The van der Waals surface area contributed by atoms with Gasteiger partial charge in [0, 0.05) is 36.1 Å². The van der Waals surface area contributed by atoms with Gasteiger partial charge in [-0.2, -0.15) is 0 Å². The van der Waals surface area contributed by atoms with Crippen LogP contribution < -0.4 is 0 Å². The van der Waals surface area contributed by atoms with Crippen LogP contribution in [-0.2, 0) is 11.2 Å². The van der Waals surface area contributed by atoms with Crippen LogP contribution in [0.25, 0.3) is 10.9 Å². The average Bonchev–Trinajstić information content (AvgIpc) is 2.93. The third kappa shape index (κ3) is 2.11. The maximum atomic E-state index is 11.1. The molecule has 4 rings (SSSR count). The lowest BCUT2D eigenvalue weighted by molar-refractivity contribution is -0.109. The number of benzene rings is 1. The number of hydrogen-bond acceptors (Lipinski definition) is 2. The largest absolute Gasteiger partial charge is 0.357 e. The fraction of sp³-hybridized carbons (Fsp3) is 0.526. The Labute approximate surface area is 131 Å². The summed E-state index contributed by atoms with van der Waals surface area (Å²) >= 11 is 0. The van der Waals surface area contributed by atoms with E-state index < -0.39 is 0 Å². The van der Waals surface area contributed by atoms with E-state index in [1.807, 2.05) is 0 Å². The number of para-hydroxylation sites is 1. The minimum atomic E-state index is 0.476. The molecule has 1 fully saturated rings. The molecule has 1 saturated heterocycles. The summed E-state index contributed by atoms with van der Waals surface area (Å²) in [5, 5.41) is 1.39. The van der Waals surface area contributed by atoms with Crippen LogP contribution in [0, 0.1) is 11.8 Å². The number of H-pyrrole nitrogens is 1. The van der Waals surface area contributed by atoms with Gasteiger partial charge in [0.1, 0.15) is 6.29 Å². The van der Waals surface area contributed by atoms with E-state index in [1.54, 1.807) is 0 Å². The molecule has 0 radical (unpaired) electrons. The number of carbonyl (C=O) groups is 1.